The van der Waals surface area contributed by atoms with Gasteiger partial charge in [-0.15, -0.1) is 0 Å². The molecular weight excluding hydrogens is 330 g/mol. The molecular formula is C16H25N3O4S. The van der Waals surface area contributed by atoms with Crippen LogP contribution in [0.4, 0.5) is 0 Å². The molecule has 24 heavy (non-hydrogen) atoms. The summed E-state index contributed by atoms with van der Waals surface area (Å²) < 4.78 is 35.1. The summed E-state index contributed by atoms with van der Waals surface area (Å²) in [5.74, 6) is 0.422. The van der Waals surface area contributed by atoms with Gasteiger partial charge in [-0.05, 0) is 13.0 Å². The average Bonchev–Trinajstić information content (AvgIpc) is 2.51. The number of hydrogen-bond donors (Lipinski definition) is 0. The minimum absolute atomic E-state index is 0.0436. The molecule has 7 nitrogen and oxygen atoms in total. The third-order valence-corrected chi connectivity index (χ3v) is 6.36. The highest BCUT2D eigenvalue weighted by molar-refractivity contribution is 7.91. The summed E-state index contributed by atoms with van der Waals surface area (Å²) >= 11 is 0. The van der Waals surface area contributed by atoms with Crippen molar-refractivity contribution in [3.63, 3.8) is 0 Å². The van der Waals surface area contributed by atoms with Crippen molar-refractivity contribution in [3.05, 3.63) is 18.0 Å². The molecule has 3 rings (SSSR count). The van der Waals surface area contributed by atoms with Crippen molar-refractivity contribution in [1.82, 2.24) is 14.9 Å². The molecule has 8 heteroatoms. The molecule has 1 aromatic rings. The molecule has 2 aliphatic heterocycles. The van der Waals surface area contributed by atoms with Crippen molar-refractivity contribution in [1.29, 1.82) is 0 Å². The fourth-order valence-electron chi connectivity index (χ4n) is 3.27. The van der Waals surface area contributed by atoms with E-state index >= 15 is 0 Å². The van der Waals surface area contributed by atoms with Gasteiger partial charge in [0.15, 0.2) is 9.84 Å². The molecule has 2 aliphatic rings. The summed E-state index contributed by atoms with van der Waals surface area (Å²) in [6.07, 6.45) is 3.36. The van der Waals surface area contributed by atoms with Crippen LogP contribution in [-0.2, 0) is 14.6 Å². The largest absolute Gasteiger partial charge is 0.460 e. The first-order chi connectivity index (χ1) is 11.4. The summed E-state index contributed by atoms with van der Waals surface area (Å²) in [5, 5.41) is 0. The van der Waals surface area contributed by atoms with Crippen LogP contribution >= 0.6 is 0 Å². The smallest absolute Gasteiger partial charge is 0.316 e. The highest BCUT2D eigenvalue weighted by Crippen LogP contribution is 2.35. The van der Waals surface area contributed by atoms with Gasteiger partial charge in [-0.2, -0.15) is 0 Å². The molecule has 134 valence electrons. The zero-order valence-corrected chi connectivity index (χ0v) is 15.1. The lowest BCUT2D eigenvalue weighted by Gasteiger charge is -2.53. The summed E-state index contributed by atoms with van der Waals surface area (Å²) in [6, 6.07) is 2.26. The molecule has 0 bridgehead atoms. The topological polar surface area (TPSA) is 81.6 Å². The lowest BCUT2D eigenvalue weighted by molar-refractivity contribution is -0.185. The zero-order chi connectivity index (χ0) is 17.2. The van der Waals surface area contributed by atoms with Gasteiger partial charge in [-0.1, -0.05) is 6.92 Å². The van der Waals surface area contributed by atoms with Crippen LogP contribution < -0.4 is 4.74 Å². The quantitative estimate of drug-likeness (QED) is 0.747. The monoisotopic (exact) mass is 355 g/mol. The van der Waals surface area contributed by atoms with Gasteiger partial charge in [0.05, 0.1) is 18.0 Å². The first kappa shape index (κ1) is 17.6. The number of ether oxygens (including phenoxy) is 2. The highest BCUT2D eigenvalue weighted by Gasteiger charge is 2.48. The molecule has 0 saturated carbocycles. The van der Waals surface area contributed by atoms with Gasteiger partial charge in [0, 0.05) is 50.1 Å². The van der Waals surface area contributed by atoms with E-state index in [1.54, 1.807) is 13.1 Å². The van der Waals surface area contributed by atoms with Crippen LogP contribution in [-0.4, -0.2) is 72.7 Å². The Balaban J connectivity index is 1.50. The Morgan fingerprint density at radius 2 is 2.25 bits per heavy atom. The van der Waals surface area contributed by atoms with Gasteiger partial charge < -0.3 is 9.47 Å². The van der Waals surface area contributed by atoms with E-state index in [2.05, 4.69) is 14.9 Å². The molecule has 0 amide bonds. The Morgan fingerprint density at radius 1 is 1.46 bits per heavy atom. The van der Waals surface area contributed by atoms with Crippen LogP contribution in [0.3, 0.4) is 0 Å². The molecule has 0 N–H and O–H groups in total. The summed E-state index contributed by atoms with van der Waals surface area (Å²) in [6.45, 7) is 6.35. The maximum atomic E-state index is 11.6. The lowest BCUT2D eigenvalue weighted by atomic mass is 9.85. The number of aromatic nitrogens is 2. The second kappa shape index (κ2) is 6.93. The van der Waals surface area contributed by atoms with E-state index in [9.17, 15) is 8.42 Å². The maximum Gasteiger partial charge on any atom is 0.316 e. The molecule has 2 saturated heterocycles. The van der Waals surface area contributed by atoms with Crippen molar-refractivity contribution in [2.45, 2.75) is 38.4 Å². The molecule has 0 radical (unpaired) electrons. The maximum absolute atomic E-state index is 11.6. The third-order valence-electron chi connectivity index (χ3n) is 4.67. The van der Waals surface area contributed by atoms with Gasteiger partial charge in [0.1, 0.15) is 6.10 Å². The van der Waals surface area contributed by atoms with E-state index in [0.29, 0.717) is 19.2 Å². The van der Waals surface area contributed by atoms with Crippen LogP contribution in [0.25, 0.3) is 0 Å². The van der Waals surface area contributed by atoms with Crippen LogP contribution in [0.15, 0.2) is 12.3 Å². The second-order valence-electron chi connectivity index (χ2n) is 6.69. The fraction of sp³-hybridized carbons (Fsp3) is 0.750. The first-order valence-corrected chi connectivity index (χ1v) is 10.2. The Kier molecular flexibility index (Phi) is 5.08. The summed E-state index contributed by atoms with van der Waals surface area (Å²) in [7, 11) is -2.91. The van der Waals surface area contributed by atoms with Crippen molar-refractivity contribution in [2.24, 2.45) is 0 Å². The first-order valence-electron chi connectivity index (χ1n) is 8.43. The van der Waals surface area contributed by atoms with Crippen LogP contribution in [0.5, 0.6) is 6.01 Å². The standard InChI is InChI=1S/C16H25N3O4S/c1-3-24(20,21)9-7-19-11-16(12-19)10-14(5-8-22-16)23-15-17-6-4-13(2)18-15/h4,6,14H,3,5,7-12H2,1-2H3/t14-/m1/s1. The number of rotatable bonds is 6. The number of nitrogens with zero attached hydrogens (tertiary/aromatic N) is 3. The predicted molar refractivity (Wildman–Crippen MR) is 89.9 cm³/mol. The van der Waals surface area contributed by atoms with E-state index in [0.717, 1.165) is 31.6 Å². The Bertz CT molecular complexity index is 674. The van der Waals surface area contributed by atoms with Crippen molar-refractivity contribution < 1.29 is 17.9 Å². The van der Waals surface area contributed by atoms with Crippen molar-refractivity contribution in [2.75, 3.05) is 37.7 Å². The van der Waals surface area contributed by atoms with Gasteiger partial charge in [0.2, 0.25) is 0 Å². The van der Waals surface area contributed by atoms with Gasteiger partial charge in [-0.25, -0.2) is 18.4 Å². The minimum Gasteiger partial charge on any atom is -0.460 e. The van der Waals surface area contributed by atoms with E-state index in [4.69, 9.17) is 9.47 Å². The SMILES string of the molecule is CCS(=O)(=O)CCN1CC2(C[C@H](Oc3nccc(C)n3)CCO2)C1. The number of likely N-dealkylation sites (tertiary alicyclic amines) is 1. The van der Waals surface area contributed by atoms with Crippen LogP contribution in [0, 0.1) is 6.92 Å². The Hall–Kier alpha value is -1.25. The molecule has 0 aromatic carbocycles. The van der Waals surface area contributed by atoms with E-state index in [1.807, 2.05) is 13.0 Å². The fourth-order valence-corrected chi connectivity index (χ4v) is 4.10. The Morgan fingerprint density at radius 3 is 2.96 bits per heavy atom. The average molecular weight is 355 g/mol. The molecule has 0 unspecified atom stereocenters. The van der Waals surface area contributed by atoms with Crippen LogP contribution in [0.2, 0.25) is 0 Å². The third kappa shape index (κ3) is 4.23. The molecule has 1 atom stereocenters. The lowest BCUT2D eigenvalue weighted by Crippen LogP contribution is -2.66. The minimum atomic E-state index is -2.91. The Labute approximate surface area is 143 Å². The molecule has 1 spiro atoms. The highest BCUT2D eigenvalue weighted by atomic mass is 32.2. The molecule has 3 heterocycles. The van der Waals surface area contributed by atoms with E-state index in [-0.39, 0.29) is 23.2 Å². The van der Waals surface area contributed by atoms with Crippen molar-refractivity contribution in [3.8, 4) is 6.01 Å². The molecule has 1 aromatic heterocycles. The molecule has 0 aliphatic carbocycles. The van der Waals surface area contributed by atoms with E-state index in [1.165, 1.54) is 0 Å². The zero-order valence-electron chi connectivity index (χ0n) is 14.3. The second-order valence-corrected chi connectivity index (χ2v) is 9.16. The molecule has 2 fully saturated rings. The van der Waals surface area contributed by atoms with Crippen LogP contribution in [0.1, 0.15) is 25.5 Å². The number of sulfone groups is 1. The normalized spacial score (nSPS) is 23.8. The van der Waals surface area contributed by atoms with E-state index < -0.39 is 9.84 Å². The summed E-state index contributed by atoms with van der Waals surface area (Å²) in [5.41, 5.74) is 0.677. The number of aryl methyl sites for hydroxylation is 1. The van der Waals surface area contributed by atoms with Gasteiger partial charge in [-0.3, -0.25) is 4.90 Å². The predicted octanol–water partition coefficient (Wildman–Crippen LogP) is 0.832. The van der Waals surface area contributed by atoms with Crippen molar-refractivity contribution >= 4 is 9.84 Å². The van der Waals surface area contributed by atoms with Gasteiger partial charge >= 0.3 is 6.01 Å². The number of hydrogen-bond acceptors (Lipinski definition) is 7. The van der Waals surface area contributed by atoms with Gasteiger partial charge in [0.25, 0.3) is 0 Å². The summed E-state index contributed by atoms with van der Waals surface area (Å²) in [4.78, 5) is 10.6.